The molecule has 0 unspecified atom stereocenters. The number of anilines is 1. The van der Waals surface area contributed by atoms with Crippen LogP contribution >= 0.6 is 11.6 Å². The Bertz CT molecular complexity index is 979. The van der Waals surface area contributed by atoms with Gasteiger partial charge in [-0.2, -0.15) is 4.31 Å². The van der Waals surface area contributed by atoms with Crippen molar-refractivity contribution < 1.29 is 22.0 Å². The van der Waals surface area contributed by atoms with Crippen LogP contribution in [-0.4, -0.2) is 57.1 Å². The van der Waals surface area contributed by atoms with Gasteiger partial charge >= 0.3 is 0 Å². The van der Waals surface area contributed by atoms with E-state index in [2.05, 4.69) is 10.2 Å². The van der Waals surface area contributed by atoms with Crippen molar-refractivity contribution in [2.24, 2.45) is 0 Å². The predicted octanol–water partition coefficient (Wildman–Crippen LogP) is 2.50. The average Bonchev–Trinajstić information content (AvgIpc) is 2.70. The fraction of sp³-hybridized carbons (Fsp3) is 0.316. The van der Waals surface area contributed by atoms with Gasteiger partial charge < -0.3 is 10.2 Å². The Hall–Kier alpha value is -2.23. The quantitative estimate of drug-likeness (QED) is 0.744. The van der Waals surface area contributed by atoms with E-state index >= 15 is 0 Å². The van der Waals surface area contributed by atoms with Gasteiger partial charge in [0.25, 0.3) is 5.91 Å². The second-order valence-corrected chi connectivity index (χ2v) is 9.09. The minimum absolute atomic E-state index is 0.0714. The molecule has 2 aromatic rings. The van der Waals surface area contributed by atoms with E-state index in [-0.39, 0.29) is 17.9 Å². The van der Waals surface area contributed by atoms with Crippen LogP contribution in [0.15, 0.2) is 42.5 Å². The molecule has 2 aromatic carbocycles. The van der Waals surface area contributed by atoms with Crippen LogP contribution in [0.1, 0.15) is 10.4 Å². The van der Waals surface area contributed by atoms with Crippen molar-refractivity contribution in [2.75, 3.05) is 43.4 Å². The number of hydrogen-bond donors (Lipinski definition) is 1. The molecule has 1 aliphatic rings. The Labute approximate surface area is 173 Å². The monoisotopic (exact) mass is 443 g/mol. The Morgan fingerprint density at radius 3 is 2.28 bits per heavy atom. The standard InChI is InChI=1S/C19H20ClF2N3O3S/c20-15-2-4-16(5-3-15)24-8-10-25(11-9-24)29(27,28)12-7-23-19(26)14-1-6-17(21)18(22)13-14/h1-6,13H,7-12H2,(H,23,26). The van der Waals surface area contributed by atoms with E-state index in [1.54, 1.807) is 12.1 Å². The normalized spacial score (nSPS) is 15.3. The predicted molar refractivity (Wildman–Crippen MR) is 108 cm³/mol. The number of benzene rings is 2. The van der Waals surface area contributed by atoms with Crippen molar-refractivity contribution >= 4 is 33.2 Å². The lowest BCUT2D eigenvalue weighted by atomic mass is 10.2. The van der Waals surface area contributed by atoms with Crippen molar-refractivity contribution in [2.45, 2.75) is 0 Å². The Balaban J connectivity index is 1.49. The van der Waals surface area contributed by atoms with Crippen LogP contribution in [-0.2, 0) is 10.0 Å². The molecule has 0 aliphatic carbocycles. The Kier molecular flexibility index (Phi) is 6.71. The van der Waals surface area contributed by atoms with Gasteiger partial charge in [-0.3, -0.25) is 4.79 Å². The first-order valence-corrected chi connectivity index (χ1v) is 11.0. The molecule has 0 bridgehead atoms. The number of amides is 1. The first kappa shape index (κ1) is 21.5. The van der Waals surface area contributed by atoms with E-state index in [0.29, 0.717) is 31.2 Å². The second-order valence-electron chi connectivity index (χ2n) is 6.56. The van der Waals surface area contributed by atoms with Gasteiger partial charge in [0, 0.05) is 49.0 Å². The molecular weight excluding hydrogens is 424 g/mol. The summed E-state index contributed by atoms with van der Waals surface area (Å²) >= 11 is 5.89. The van der Waals surface area contributed by atoms with Gasteiger partial charge in [0.2, 0.25) is 10.0 Å². The molecule has 1 saturated heterocycles. The summed E-state index contributed by atoms with van der Waals surface area (Å²) in [6.45, 7) is 1.63. The number of nitrogens with one attached hydrogen (secondary N) is 1. The zero-order chi connectivity index (χ0) is 21.0. The van der Waals surface area contributed by atoms with Crippen molar-refractivity contribution in [3.63, 3.8) is 0 Å². The van der Waals surface area contributed by atoms with Gasteiger partial charge in [0.15, 0.2) is 11.6 Å². The first-order chi connectivity index (χ1) is 13.8. The molecule has 156 valence electrons. The maximum Gasteiger partial charge on any atom is 0.251 e. The zero-order valence-electron chi connectivity index (χ0n) is 15.4. The molecule has 0 atom stereocenters. The maximum atomic E-state index is 13.2. The molecule has 1 aliphatic heterocycles. The summed E-state index contributed by atoms with van der Waals surface area (Å²) in [5.74, 6) is -3.12. The number of sulfonamides is 1. The lowest BCUT2D eigenvalue weighted by molar-refractivity contribution is 0.0955. The van der Waals surface area contributed by atoms with Crippen molar-refractivity contribution in [3.8, 4) is 0 Å². The highest BCUT2D eigenvalue weighted by molar-refractivity contribution is 7.89. The topological polar surface area (TPSA) is 69.7 Å². The number of rotatable bonds is 6. The van der Waals surface area contributed by atoms with Gasteiger partial charge in [-0.15, -0.1) is 0 Å². The number of carbonyl (C=O) groups is 1. The molecule has 10 heteroatoms. The van der Waals surface area contributed by atoms with E-state index in [1.165, 1.54) is 4.31 Å². The number of piperazine rings is 1. The molecule has 29 heavy (non-hydrogen) atoms. The smallest absolute Gasteiger partial charge is 0.251 e. The molecule has 0 aromatic heterocycles. The van der Waals surface area contributed by atoms with Crippen LogP contribution in [0.2, 0.25) is 5.02 Å². The number of hydrogen-bond acceptors (Lipinski definition) is 4. The summed E-state index contributed by atoms with van der Waals surface area (Å²) in [5.41, 5.74) is 0.906. The summed E-state index contributed by atoms with van der Waals surface area (Å²) in [6, 6.07) is 10.1. The molecular formula is C19H20ClF2N3O3S. The Morgan fingerprint density at radius 1 is 1.00 bits per heavy atom. The van der Waals surface area contributed by atoms with E-state index in [4.69, 9.17) is 11.6 Å². The second kappa shape index (κ2) is 9.06. The molecule has 0 spiro atoms. The highest BCUT2D eigenvalue weighted by Gasteiger charge is 2.27. The fourth-order valence-electron chi connectivity index (χ4n) is 3.04. The molecule has 1 fully saturated rings. The van der Waals surface area contributed by atoms with Crippen molar-refractivity contribution in [1.82, 2.24) is 9.62 Å². The van der Waals surface area contributed by atoms with Crippen LogP contribution in [0.4, 0.5) is 14.5 Å². The number of carbonyl (C=O) groups excluding carboxylic acids is 1. The molecule has 1 heterocycles. The van der Waals surface area contributed by atoms with Gasteiger partial charge in [-0.05, 0) is 42.5 Å². The summed E-state index contributed by atoms with van der Waals surface area (Å²) < 4.78 is 52.6. The largest absolute Gasteiger partial charge is 0.369 e. The number of nitrogens with zero attached hydrogens (tertiary/aromatic N) is 2. The van der Waals surface area contributed by atoms with Crippen molar-refractivity contribution in [1.29, 1.82) is 0 Å². The van der Waals surface area contributed by atoms with E-state index in [0.717, 1.165) is 23.9 Å². The van der Waals surface area contributed by atoms with Gasteiger partial charge in [-0.1, -0.05) is 11.6 Å². The summed E-state index contributed by atoms with van der Waals surface area (Å²) in [4.78, 5) is 14.0. The van der Waals surface area contributed by atoms with E-state index in [1.807, 2.05) is 12.1 Å². The molecule has 3 rings (SSSR count). The Morgan fingerprint density at radius 2 is 1.66 bits per heavy atom. The SMILES string of the molecule is O=C(NCCS(=O)(=O)N1CCN(c2ccc(Cl)cc2)CC1)c1ccc(F)c(F)c1. The third-order valence-corrected chi connectivity index (χ3v) is 6.78. The average molecular weight is 444 g/mol. The third-order valence-electron chi connectivity index (χ3n) is 4.65. The summed E-state index contributed by atoms with van der Waals surface area (Å²) in [6.07, 6.45) is 0. The molecule has 6 nitrogen and oxygen atoms in total. The van der Waals surface area contributed by atoms with Crippen LogP contribution < -0.4 is 10.2 Å². The lowest BCUT2D eigenvalue weighted by Gasteiger charge is -2.35. The van der Waals surface area contributed by atoms with E-state index < -0.39 is 27.6 Å². The summed E-state index contributed by atoms with van der Waals surface area (Å²) in [7, 11) is -3.55. The molecule has 1 N–H and O–H groups in total. The molecule has 0 saturated carbocycles. The van der Waals surface area contributed by atoms with Gasteiger partial charge in [0.1, 0.15) is 0 Å². The molecule has 1 amide bonds. The van der Waals surface area contributed by atoms with Crippen LogP contribution in [0.3, 0.4) is 0 Å². The first-order valence-electron chi connectivity index (χ1n) is 8.98. The van der Waals surface area contributed by atoms with Gasteiger partial charge in [-0.25, -0.2) is 17.2 Å². The zero-order valence-corrected chi connectivity index (χ0v) is 17.0. The highest BCUT2D eigenvalue weighted by atomic mass is 35.5. The summed E-state index contributed by atoms with van der Waals surface area (Å²) in [5, 5.41) is 3.06. The number of halogens is 3. The van der Waals surface area contributed by atoms with Crippen molar-refractivity contribution in [3.05, 3.63) is 64.7 Å². The van der Waals surface area contributed by atoms with E-state index in [9.17, 15) is 22.0 Å². The van der Waals surface area contributed by atoms with Crippen LogP contribution in [0.5, 0.6) is 0 Å². The highest BCUT2D eigenvalue weighted by Crippen LogP contribution is 2.20. The molecule has 0 radical (unpaired) electrons. The third kappa shape index (κ3) is 5.43. The minimum Gasteiger partial charge on any atom is -0.369 e. The van der Waals surface area contributed by atoms with Crippen LogP contribution in [0, 0.1) is 11.6 Å². The fourth-order valence-corrected chi connectivity index (χ4v) is 4.50. The van der Waals surface area contributed by atoms with Crippen LogP contribution in [0.25, 0.3) is 0 Å². The maximum absolute atomic E-state index is 13.2. The van der Waals surface area contributed by atoms with Gasteiger partial charge in [0.05, 0.1) is 5.75 Å². The minimum atomic E-state index is -3.55. The lowest BCUT2D eigenvalue weighted by Crippen LogP contribution is -2.50.